The number of sulfonamides is 1. The highest BCUT2D eigenvalue weighted by molar-refractivity contribution is 7.89. The fourth-order valence-corrected chi connectivity index (χ4v) is 3.86. The molecule has 0 bridgehead atoms. The molecule has 0 saturated carbocycles. The number of hydrogen-bond donors (Lipinski definition) is 1. The second-order valence-corrected chi connectivity index (χ2v) is 7.54. The zero-order valence-corrected chi connectivity index (χ0v) is 14.0. The van der Waals surface area contributed by atoms with Crippen molar-refractivity contribution in [1.82, 2.24) is 4.31 Å². The normalized spacial score (nSPS) is 13.6. The molecular weight excluding hydrogens is 312 g/mol. The SMILES string of the molecule is CCN([C@H](CC(C)C)C(N)=O)S(=O)(=O)c1ccc(Cl)cc1. The maximum Gasteiger partial charge on any atom is 0.243 e. The van der Waals surface area contributed by atoms with Crippen molar-refractivity contribution in [1.29, 1.82) is 0 Å². The standard InChI is InChI=1S/C14H21ClN2O3S/c1-4-17(13(14(16)18)9-10(2)3)21(19,20)12-7-5-11(15)6-8-12/h5-8,10,13H,4,9H2,1-3H3,(H2,16,18)/t13-/m1/s1. The largest absolute Gasteiger partial charge is 0.368 e. The number of primary amides is 1. The molecule has 1 rings (SSSR count). The van der Waals surface area contributed by atoms with Crippen molar-refractivity contribution in [3.8, 4) is 0 Å². The average Bonchev–Trinajstić information content (AvgIpc) is 2.38. The molecule has 0 fully saturated rings. The summed E-state index contributed by atoms with van der Waals surface area (Å²) in [5.74, 6) is -0.486. The average molecular weight is 333 g/mol. The van der Waals surface area contributed by atoms with Crippen LogP contribution in [-0.4, -0.2) is 31.2 Å². The molecule has 1 atom stereocenters. The Bertz CT molecular complexity index is 585. The third kappa shape index (κ3) is 4.43. The third-order valence-corrected chi connectivity index (χ3v) is 5.35. The van der Waals surface area contributed by atoms with Gasteiger partial charge in [0.25, 0.3) is 0 Å². The minimum Gasteiger partial charge on any atom is -0.368 e. The lowest BCUT2D eigenvalue weighted by molar-refractivity contribution is -0.122. The maximum atomic E-state index is 12.7. The lowest BCUT2D eigenvalue weighted by atomic mass is 10.0. The van der Waals surface area contributed by atoms with Gasteiger partial charge in [0.05, 0.1) is 4.90 Å². The van der Waals surface area contributed by atoms with Gasteiger partial charge in [-0.05, 0) is 36.6 Å². The number of carbonyl (C=O) groups excluding carboxylic acids is 1. The number of rotatable bonds is 7. The molecule has 1 aromatic carbocycles. The van der Waals surface area contributed by atoms with Crippen LogP contribution in [0, 0.1) is 5.92 Å². The van der Waals surface area contributed by atoms with E-state index in [1.54, 1.807) is 6.92 Å². The van der Waals surface area contributed by atoms with Gasteiger partial charge in [-0.25, -0.2) is 8.42 Å². The molecule has 5 nitrogen and oxygen atoms in total. The van der Waals surface area contributed by atoms with E-state index in [1.165, 1.54) is 24.3 Å². The summed E-state index contributed by atoms with van der Waals surface area (Å²) in [4.78, 5) is 11.8. The van der Waals surface area contributed by atoms with Crippen molar-refractivity contribution >= 4 is 27.5 Å². The zero-order valence-electron chi connectivity index (χ0n) is 12.4. The van der Waals surface area contributed by atoms with Gasteiger partial charge in [0.1, 0.15) is 6.04 Å². The molecule has 0 aliphatic rings. The van der Waals surface area contributed by atoms with Gasteiger partial charge in [-0.1, -0.05) is 32.4 Å². The Balaban J connectivity index is 3.22. The fourth-order valence-electron chi connectivity index (χ4n) is 2.12. The summed E-state index contributed by atoms with van der Waals surface area (Å²) in [6.45, 7) is 5.69. The second kappa shape index (κ2) is 7.24. The Morgan fingerprint density at radius 2 is 1.81 bits per heavy atom. The monoisotopic (exact) mass is 332 g/mol. The van der Waals surface area contributed by atoms with Gasteiger partial charge in [0.15, 0.2) is 0 Å². The summed E-state index contributed by atoms with van der Waals surface area (Å²) in [6, 6.07) is 5.01. The molecule has 21 heavy (non-hydrogen) atoms. The molecule has 0 saturated heterocycles. The molecule has 0 aliphatic carbocycles. The van der Waals surface area contributed by atoms with Crippen LogP contribution in [0.4, 0.5) is 0 Å². The van der Waals surface area contributed by atoms with Crippen LogP contribution in [0.1, 0.15) is 27.2 Å². The lowest BCUT2D eigenvalue weighted by Crippen LogP contribution is -2.48. The van der Waals surface area contributed by atoms with Crippen molar-refractivity contribution in [2.24, 2.45) is 11.7 Å². The van der Waals surface area contributed by atoms with Gasteiger partial charge in [-0.2, -0.15) is 4.31 Å². The van der Waals surface area contributed by atoms with Gasteiger partial charge in [0, 0.05) is 11.6 Å². The van der Waals surface area contributed by atoms with Crippen LogP contribution in [0.3, 0.4) is 0 Å². The van der Waals surface area contributed by atoms with Crippen LogP contribution in [0.25, 0.3) is 0 Å². The van der Waals surface area contributed by atoms with Crippen LogP contribution < -0.4 is 5.73 Å². The van der Waals surface area contributed by atoms with E-state index in [0.29, 0.717) is 11.4 Å². The quantitative estimate of drug-likeness (QED) is 0.831. The number of carbonyl (C=O) groups is 1. The van der Waals surface area contributed by atoms with E-state index in [0.717, 1.165) is 4.31 Å². The van der Waals surface area contributed by atoms with E-state index in [-0.39, 0.29) is 17.4 Å². The topological polar surface area (TPSA) is 80.5 Å². The van der Waals surface area contributed by atoms with Crippen molar-refractivity contribution in [3.63, 3.8) is 0 Å². The number of benzene rings is 1. The third-order valence-electron chi connectivity index (χ3n) is 3.10. The first kappa shape index (κ1) is 17.9. The summed E-state index contributed by atoms with van der Waals surface area (Å²) in [5.41, 5.74) is 5.39. The van der Waals surface area contributed by atoms with Crippen LogP contribution in [0.5, 0.6) is 0 Å². The molecule has 0 spiro atoms. The lowest BCUT2D eigenvalue weighted by Gasteiger charge is -2.28. The smallest absolute Gasteiger partial charge is 0.243 e. The van der Waals surface area contributed by atoms with Gasteiger partial charge < -0.3 is 5.73 Å². The Hall–Kier alpha value is -1.11. The highest BCUT2D eigenvalue weighted by Gasteiger charge is 2.33. The van der Waals surface area contributed by atoms with Gasteiger partial charge in [-0.3, -0.25) is 4.79 Å². The molecule has 0 radical (unpaired) electrons. The van der Waals surface area contributed by atoms with Crippen LogP contribution in [0.15, 0.2) is 29.2 Å². The number of nitrogens with zero attached hydrogens (tertiary/aromatic N) is 1. The Labute approximate surface area is 131 Å². The molecule has 1 amide bonds. The first-order valence-electron chi connectivity index (χ1n) is 6.76. The number of halogens is 1. The van der Waals surface area contributed by atoms with E-state index < -0.39 is 22.0 Å². The first-order valence-corrected chi connectivity index (χ1v) is 8.58. The number of likely N-dealkylation sites (N-methyl/N-ethyl adjacent to an activating group) is 1. The molecule has 1 aromatic rings. The molecule has 0 aromatic heterocycles. The van der Waals surface area contributed by atoms with Gasteiger partial charge >= 0.3 is 0 Å². The van der Waals surface area contributed by atoms with Crippen LogP contribution >= 0.6 is 11.6 Å². The van der Waals surface area contributed by atoms with E-state index in [9.17, 15) is 13.2 Å². The molecular formula is C14H21ClN2O3S. The van der Waals surface area contributed by atoms with E-state index in [4.69, 9.17) is 17.3 Å². The van der Waals surface area contributed by atoms with Gasteiger partial charge in [0.2, 0.25) is 15.9 Å². The molecule has 0 aliphatic heterocycles. The highest BCUT2D eigenvalue weighted by Crippen LogP contribution is 2.23. The molecule has 2 N–H and O–H groups in total. The Kier molecular flexibility index (Phi) is 6.19. The van der Waals surface area contributed by atoms with E-state index >= 15 is 0 Å². The molecule has 7 heteroatoms. The van der Waals surface area contributed by atoms with Gasteiger partial charge in [-0.15, -0.1) is 0 Å². The Morgan fingerprint density at radius 1 is 1.29 bits per heavy atom. The number of hydrogen-bond acceptors (Lipinski definition) is 3. The molecule has 0 unspecified atom stereocenters. The summed E-state index contributed by atoms with van der Waals surface area (Å²) in [5, 5.41) is 0.450. The summed E-state index contributed by atoms with van der Waals surface area (Å²) in [7, 11) is -3.78. The first-order chi connectivity index (χ1) is 9.70. The van der Waals surface area contributed by atoms with Crippen molar-refractivity contribution in [2.45, 2.75) is 38.1 Å². The zero-order chi connectivity index (χ0) is 16.2. The summed E-state index contributed by atoms with van der Waals surface area (Å²) < 4.78 is 26.5. The van der Waals surface area contributed by atoms with Crippen molar-refractivity contribution in [3.05, 3.63) is 29.3 Å². The summed E-state index contributed by atoms with van der Waals surface area (Å²) in [6.07, 6.45) is 0.385. The number of amides is 1. The van der Waals surface area contributed by atoms with Crippen LogP contribution in [-0.2, 0) is 14.8 Å². The van der Waals surface area contributed by atoms with Crippen molar-refractivity contribution < 1.29 is 13.2 Å². The van der Waals surface area contributed by atoms with Crippen molar-refractivity contribution in [2.75, 3.05) is 6.54 Å². The minimum absolute atomic E-state index is 0.101. The fraction of sp³-hybridized carbons (Fsp3) is 0.500. The Morgan fingerprint density at radius 3 is 2.19 bits per heavy atom. The molecule has 118 valence electrons. The minimum atomic E-state index is -3.78. The molecule has 0 heterocycles. The summed E-state index contributed by atoms with van der Waals surface area (Å²) >= 11 is 5.77. The number of nitrogens with two attached hydrogens (primary N) is 1. The second-order valence-electron chi connectivity index (χ2n) is 5.21. The maximum absolute atomic E-state index is 12.7. The highest BCUT2D eigenvalue weighted by atomic mass is 35.5. The van der Waals surface area contributed by atoms with Crippen LogP contribution in [0.2, 0.25) is 5.02 Å². The predicted molar refractivity (Wildman–Crippen MR) is 83.5 cm³/mol. The van der Waals surface area contributed by atoms with E-state index in [2.05, 4.69) is 0 Å². The predicted octanol–water partition coefficient (Wildman–Crippen LogP) is 2.25. The van der Waals surface area contributed by atoms with E-state index in [1.807, 2.05) is 13.8 Å².